The number of hydrogen-bond acceptors (Lipinski definition) is 2. The van der Waals surface area contributed by atoms with Gasteiger partial charge in [0.2, 0.25) is 0 Å². The molecule has 1 saturated heterocycles. The minimum atomic E-state index is 0.193. The largest absolute Gasteiger partial charge is 0.381 e. The molecule has 240 valence electrons. The molecule has 0 bridgehead atoms. The molecule has 0 saturated carbocycles. The highest BCUT2D eigenvalue weighted by Gasteiger charge is 2.11. The Morgan fingerprint density at radius 3 is 0.875 bits per heavy atom. The van der Waals surface area contributed by atoms with Gasteiger partial charge in [-0.05, 0) is 75.5 Å². The van der Waals surface area contributed by atoms with Gasteiger partial charge in [0.15, 0.2) is 0 Å². The van der Waals surface area contributed by atoms with Crippen LogP contribution in [0.15, 0.2) is 0 Å². The quantitative estimate of drug-likeness (QED) is 0.0909. The summed E-state index contributed by atoms with van der Waals surface area (Å²) in [6, 6.07) is 0. The van der Waals surface area contributed by atoms with Crippen LogP contribution >= 0.6 is 15.8 Å². The fourth-order valence-electron chi connectivity index (χ4n) is 6.08. The molecular weight excluding hydrogens is 526 g/mol. The van der Waals surface area contributed by atoms with Gasteiger partial charge in [0.25, 0.3) is 0 Å². The first-order valence-electron chi connectivity index (χ1n) is 18.5. The van der Waals surface area contributed by atoms with E-state index in [0.717, 1.165) is 26.4 Å². The van der Waals surface area contributed by atoms with E-state index in [1.54, 1.807) is 0 Å². The summed E-state index contributed by atoms with van der Waals surface area (Å²) < 4.78 is 12.3. The molecule has 0 unspecified atom stereocenters. The predicted octanol–water partition coefficient (Wildman–Crippen LogP) is 12.4. The van der Waals surface area contributed by atoms with Crippen molar-refractivity contribution in [2.24, 2.45) is 0 Å². The van der Waals surface area contributed by atoms with E-state index in [1.165, 1.54) is 191 Å². The van der Waals surface area contributed by atoms with Crippen LogP contribution in [0.4, 0.5) is 0 Å². The van der Waals surface area contributed by atoms with E-state index in [-0.39, 0.29) is 15.8 Å². The van der Waals surface area contributed by atoms with Gasteiger partial charge in [0, 0.05) is 26.4 Å². The molecule has 0 radical (unpaired) electrons. The summed E-state index contributed by atoms with van der Waals surface area (Å²) in [6.45, 7) is 8.63. The van der Waals surface area contributed by atoms with Crippen molar-refractivity contribution in [1.29, 1.82) is 0 Å². The van der Waals surface area contributed by atoms with Gasteiger partial charge in [-0.2, -0.15) is 0 Å². The average molecular weight is 601 g/mol. The number of hydrogen-bond donors (Lipinski definition) is 0. The van der Waals surface area contributed by atoms with E-state index < -0.39 is 0 Å². The topological polar surface area (TPSA) is 18.5 Å². The lowest BCUT2D eigenvalue weighted by Crippen LogP contribution is -2.07. The smallest absolute Gasteiger partial charge is 0.0469 e. The predicted molar refractivity (Wildman–Crippen MR) is 187 cm³/mol. The molecule has 0 atom stereocenters. The summed E-state index contributed by atoms with van der Waals surface area (Å²) >= 11 is 0. The second-order valence-electron chi connectivity index (χ2n) is 12.7. The first-order valence-corrected chi connectivity index (χ1v) is 22.3. The molecule has 0 aromatic heterocycles. The first-order chi connectivity index (χ1) is 19.9. The average Bonchev–Trinajstić information content (AvgIpc) is 2.96. The molecule has 2 nitrogen and oxygen atoms in total. The van der Waals surface area contributed by atoms with Crippen molar-refractivity contribution in [3.05, 3.63) is 0 Å². The van der Waals surface area contributed by atoms with Crippen molar-refractivity contribution in [1.82, 2.24) is 0 Å². The van der Waals surface area contributed by atoms with Crippen LogP contribution in [0.1, 0.15) is 168 Å². The number of ether oxygens (including phenoxy) is 2. The Morgan fingerprint density at radius 2 is 0.600 bits per heavy atom. The van der Waals surface area contributed by atoms with Crippen LogP contribution in [0, 0.1) is 0 Å². The summed E-state index contributed by atoms with van der Waals surface area (Å²) in [5.74, 6) is 0. The molecule has 0 aliphatic carbocycles. The second kappa shape index (κ2) is 32.7. The Labute approximate surface area is 256 Å². The molecule has 0 amide bonds. The Balaban J connectivity index is 2.12. The summed E-state index contributed by atoms with van der Waals surface area (Å²) in [5, 5.41) is 0. The number of rotatable bonds is 22. The lowest BCUT2D eigenvalue weighted by Gasteiger charge is -2.20. The molecule has 1 aliphatic rings. The maximum atomic E-state index is 6.14. The highest BCUT2D eigenvalue weighted by Crippen LogP contribution is 2.39. The molecule has 1 aliphatic heterocycles. The van der Waals surface area contributed by atoms with E-state index >= 15 is 0 Å². The van der Waals surface area contributed by atoms with Crippen LogP contribution in [0.2, 0.25) is 0 Å². The molecule has 40 heavy (non-hydrogen) atoms. The normalized spacial score (nSPS) is 20.6. The highest BCUT2D eigenvalue weighted by atomic mass is 31.1. The van der Waals surface area contributed by atoms with E-state index in [1.807, 2.05) is 0 Å². The van der Waals surface area contributed by atoms with Gasteiger partial charge in [-0.25, -0.2) is 0 Å². The third kappa shape index (κ3) is 27.6. The standard InChI is InChI=1S/C36H74O2P2/c1-3-5-7-9-11-13-15-17-19-21-31-39-33-23-27-37-29-25-35-40(36-26-30-38-28-24-34-39)32-22-20-18-16-14-12-10-8-6-4-2/h3-36H2,1-2H3. The molecule has 1 rings (SSSR count). The van der Waals surface area contributed by atoms with Crippen molar-refractivity contribution in [2.45, 2.75) is 168 Å². The fourth-order valence-corrected chi connectivity index (χ4v) is 11.1. The SMILES string of the molecule is CCCCCCCCCCCCP1CCCOCCCP(CCCCCCCCCCCC)CCCOCCC1. The molecule has 0 aromatic rings. The third-order valence-corrected chi connectivity index (χ3v) is 14.4. The molecule has 0 aromatic carbocycles. The lowest BCUT2D eigenvalue weighted by molar-refractivity contribution is 0.134. The summed E-state index contributed by atoms with van der Waals surface area (Å²) in [6.07, 6.45) is 42.9. The van der Waals surface area contributed by atoms with Crippen LogP contribution in [0.25, 0.3) is 0 Å². The Bertz CT molecular complexity index is 418. The van der Waals surface area contributed by atoms with Crippen molar-refractivity contribution in [3.8, 4) is 0 Å². The Morgan fingerprint density at radius 1 is 0.350 bits per heavy atom. The van der Waals surface area contributed by atoms with Crippen LogP contribution < -0.4 is 0 Å². The molecule has 0 N–H and O–H groups in total. The van der Waals surface area contributed by atoms with E-state index in [0.29, 0.717) is 0 Å². The second-order valence-corrected chi connectivity index (χ2v) is 18.1. The monoisotopic (exact) mass is 601 g/mol. The van der Waals surface area contributed by atoms with Crippen LogP contribution in [0.3, 0.4) is 0 Å². The lowest BCUT2D eigenvalue weighted by atomic mass is 10.1. The summed E-state index contributed by atoms with van der Waals surface area (Å²) in [7, 11) is 0.385. The highest BCUT2D eigenvalue weighted by molar-refractivity contribution is 7.57. The first kappa shape index (κ1) is 38.8. The Kier molecular flexibility index (Phi) is 31.7. The van der Waals surface area contributed by atoms with Gasteiger partial charge in [0.05, 0.1) is 0 Å². The zero-order valence-electron chi connectivity index (χ0n) is 27.8. The molecule has 1 heterocycles. The van der Waals surface area contributed by atoms with Gasteiger partial charge in [-0.3, -0.25) is 0 Å². The Hall–Kier alpha value is 0.780. The van der Waals surface area contributed by atoms with E-state index in [9.17, 15) is 0 Å². The maximum absolute atomic E-state index is 6.14. The summed E-state index contributed by atoms with van der Waals surface area (Å²) in [5.41, 5.74) is 0. The maximum Gasteiger partial charge on any atom is 0.0469 e. The number of unbranched alkanes of at least 4 members (excludes halogenated alkanes) is 18. The minimum Gasteiger partial charge on any atom is -0.381 e. The molecule has 4 heteroatoms. The molecular formula is C36H74O2P2. The fraction of sp³-hybridized carbons (Fsp3) is 1.00. The van der Waals surface area contributed by atoms with Gasteiger partial charge in [0.1, 0.15) is 0 Å². The third-order valence-electron chi connectivity index (χ3n) is 8.71. The molecule has 1 fully saturated rings. The zero-order chi connectivity index (χ0) is 28.6. The van der Waals surface area contributed by atoms with E-state index in [4.69, 9.17) is 9.47 Å². The van der Waals surface area contributed by atoms with Crippen LogP contribution in [0.5, 0.6) is 0 Å². The van der Waals surface area contributed by atoms with Crippen molar-refractivity contribution in [2.75, 3.05) is 63.4 Å². The van der Waals surface area contributed by atoms with Gasteiger partial charge in [-0.1, -0.05) is 129 Å². The van der Waals surface area contributed by atoms with Gasteiger partial charge < -0.3 is 9.47 Å². The van der Waals surface area contributed by atoms with Crippen molar-refractivity contribution in [3.63, 3.8) is 0 Å². The minimum absolute atomic E-state index is 0.193. The van der Waals surface area contributed by atoms with Crippen molar-refractivity contribution >= 4 is 15.8 Å². The van der Waals surface area contributed by atoms with E-state index in [2.05, 4.69) is 13.8 Å². The summed E-state index contributed by atoms with van der Waals surface area (Å²) in [4.78, 5) is 0. The van der Waals surface area contributed by atoms with Crippen molar-refractivity contribution < 1.29 is 9.47 Å². The van der Waals surface area contributed by atoms with Crippen LogP contribution in [-0.4, -0.2) is 63.4 Å². The van der Waals surface area contributed by atoms with Crippen LogP contribution in [-0.2, 0) is 9.47 Å². The van der Waals surface area contributed by atoms with Gasteiger partial charge >= 0.3 is 0 Å². The van der Waals surface area contributed by atoms with Gasteiger partial charge in [-0.15, -0.1) is 15.8 Å². The zero-order valence-corrected chi connectivity index (χ0v) is 29.5. The molecule has 0 spiro atoms.